The summed E-state index contributed by atoms with van der Waals surface area (Å²) in [6, 6.07) is 8.11. The molecule has 0 spiro atoms. The molecule has 8 nitrogen and oxygen atoms in total. The average molecular weight is 599 g/mol. The van der Waals surface area contributed by atoms with Crippen LogP contribution in [0.15, 0.2) is 41.2 Å². The van der Waals surface area contributed by atoms with Gasteiger partial charge in [0.1, 0.15) is 11.5 Å². The molecule has 7 saturated carbocycles. The summed E-state index contributed by atoms with van der Waals surface area (Å²) in [7, 11) is 0. The molecule has 232 valence electrons. The van der Waals surface area contributed by atoms with Gasteiger partial charge < -0.3 is 14.7 Å². The molecule has 0 aliphatic heterocycles. The van der Waals surface area contributed by atoms with Crippen LogP contribution >= 0.6 is 0 Å². The number of rotatable bonds is 9. The number of nitrogens with one attached hydrogen (secondary N) is 1. The number of carbonyl (C=O) groups is 1. The fraction of sp³-hybridized carbons (Fsp3) is 0.629. The van der Waals surface area contributed by atoms with E-state index in [9.17, 15) is 9.18 Å². The van der Waals surface area contributed by atoms with Crippen molar-refractivity contribution in [2.75, 3.05) is 16.8 Å². The number of hydrogen-bond donors (Lipinski definition) is 1. The molecule has 1 amide bonds. The fourth-order valence-corrected chi connectivity index (χ4v) is 8.58. The number of carbonyl (C=O) groups excluding carboxylic acids is 1. The summed E-state index contributed by atoms with van der Waals surface area (Å²) in [6.07, 6.45) is 14.1. The summed E-state index contributed by atoms with van der Waals surface area (Å²) in [5.41, 5.74) is 1.30. The Kier molecular flexibility index (Phi) is 6.12. The highest BCUT2D eigenvalue weighted by Crippen LogP contribution is 2.71. The second-order valence-corrected chi connectivity index (χ2v) is 16.1. The van der Waals surface area contributed by atoms with E-state index in [0.29, 0.717) is 44.0 Å². The van der Waals surface area contributed by atoms with Gasteiger partial charge in [-0.1, -0.05) is 32.0 Å². The van der Waals surface area contributed by atoms with E-state index in [1.807, 2.05) is 35.5 Å². The molecule has 0 radical (unpaired) electrons. The van der Waals surface area contributed by atoms with Crippen molar-refractivity contribution in [3.63, 3.8) is 0 Å². The van der Waals surface area contributed by atoms with Crippen molar-refractivity contribution in [2.24, 2.45) is 10.8 Å². The molecule has 3 aromatic rings. The van der Waals surface area contributed by atoms with E-state index in [-0.39, 0.29) is 27.6 Å². The molecule has 2 heterocycles. The zero-order valence-corrected chi connectivity index (χ0v) is 26.2. The molecule has 0 saturated heterocycles. The van der Waals surface area contributed by atoms with Crippen molar-refractivity contribution in [2.45, 2.75) is 120 Å². The quantitative estimate of drug-likeness (QED) is 0.270. The van der Waals surface area contributed by atoms with Gasteiger partial charge in [0.15, 0.2) is 5.82 Å². The summed E-state index contributed by atoms with van der Waals surface area (Å²) >= 11 is 0. The Labute approximate surface area is 258 Å². The van der Waals surface area contributed by atoms with Gasteiger partial charge in [0, 0.05) is 41.1 Å². The Balaban J connectivity index is 1.02. The predicted octanol–water partition coefficient (Wildman–Crippen LogP) is 7.69. The average Bonchev–Trinajstić information content (AvgIpc) is 3.69. The smallest absolute Gasteiger partial charge is 0.232 e. The van der Waals surface area contributed by atoms with Gasteiger partial charge in [0.25, 0.3) is 0 Å². The first-order valence-electron chi connectivity index (χ1n) is 16.5. The van der Waals surface area contributed by atoms with Crippen LogP contribution in [0.2, 0.25) is 0 Å². The third-order valence-electron chi connectivity index (χ3n) is 11.4. The zero-order valence-electron chi connectivity index (χ0n) is 26.2. The molecular weight excluding hydrogens is 555 g/mol. The van der Waals surface area contributed by atoms with Gasteiger partial charge in [0.2, 0.25) is 11.8 Å². The maximum absolute atomic E-state index is 14.4. The molecule has 7 fully saturated rings. The first-order valence-corrected chi connectivity index (χ1v) is 16.5. The lowest BCUT2D eigenvalue weighted by molar-refractivity contribution is -0.215. The number of aromatic nitrogens is 4. The maximum atomic E-state index is 14.4. The summed E-state index contributed by atoms with van der Waals surface area (Å²) in [5.74, 6) is 3.11. The summed E-state index contributed by atoms with van der Waals surface area (Å²) in [4.78, 5) is 30.1. The minimum atomic E-state index is -1.01. The minimum Gasteiger partial charge on any atom is -0.353 e. The molecule has 4 bridgehead atoms. The zero-order chi connectivity index (χ0) is 30.4. The standard InChI is InChI=1S/C35H43FN6O2/c1-31(2,3)30-40-29(41-44-30)34-12-9-32(10-13-34,11-14-34)22-42(27(43)16-33-19-35(36,20-33)21-33)26-6-4-5-24(15-26)39-25-17-37-28(38-18-25)23-7-8-23/h4-6,15,17-18,23,39H,7-14,16,19-22H2,1-3H3. The van der Waals surface area contributed by atoms with Crippen molar-refractivity contribution >= 4 is 23.0 Å². The molecule has 10 rings (SSSR count). The molecule has 7 aliphatic rings. The van der Waals surface area contributed by atoms with Crippen LogP contribution in [0, 0.1) is 10.8 Å². The van der Waals surface area contributed by atoms with Crippen molar-refractivity contribution in [1.29, 1.82) is 0 Å². The third-order valence-corrected chi connectivity index (χ3v) is 11.4. The lowest BCUT2D eigenvalue weighted by Crippen LogP contribution is -2.65. The van der Waals surface area contributed by atoms with E-state index in [1.165, 1.54) is 12.8 Å². The maximum Gasteiger partial charge on any atom is 0.232 e. The van der Waals surface area contributed by atoms with Crippen molar-refractivity contribution in [1.82, 2.24) is 20.1 Å². The molecule has 0 atom stereocenters. The fourth-order valence-electron chi connectivity index (χ4n) is 8.58. The number of anilines is 3. The number of halogens is 1. The van der Waals surface area contributed by atoms with Crippen LogP contribution in [0.5, 0.6) is 0 Å². The van der Waals surface area contributed by atoms with E-state index in [2.05, 4.69) is 47.3 Å². The predicted molar refractivity (Wildman–Crippen MR) is 166 cm³/mol. The Morgan fingerprint density at radius 3 is 2.27 bits per heavy atom. The highest BCUT2D eigenvalue weighted by molar-refractivity contribution is 5.95. The first-order chi connectivity index (χ1) is 21.0. The number of hydrogen-bond acceptors (Lipinski definition) is 7. The Morgan fingerprint density at radius 2 is 1.68 bits per heavy atom. The lowest BCUT2D eigenvalue weighted by atomic mass is 9.41. The SMILES string of the molecule is CC(C)(C)c1nc(C23CCC(CN(C(=O)CC45CC(F)(C4)C5)c4cccc(Nc5cnc(C6CC6)nc5)c4)(CC2)CC3)no1. The largest absolute Gasteiger partial charge is 0.353 e. The van der Waals surface area contributed by atoms with Gasteiger partial charge in [-0.25, -0.2) is 14.4 Å². The molecule has 0 unspecified atom stereocenters. The van der Waals surface area contributed by atoms with Crippen LogP contribution in [-0.2, 0) is 15.6 Å². The van der Waals surface area contributed by atoms with Crippen LogP contribution in [0.1, 0.15) is 121 Å². The van der Waals surface area contributed by atoms with Gasteiger partial charge in [-0.2, -0.15) is 4.98 Å². The molecule has 2 aromatic heterocycles. The van der Waals surface area contributed by atoms with Crippen LogP contribution < -0.4 is 10.2 Å². The summed E-state index contributed by atoms with van der Waals surface area (Å²) < 4.78 is 20.1. The van der Waals surface area contributed by atoms with Gasteiger partial charge >= 0.3 is 0 Å². The number of benzene rings is 1. The van der Waals surface area contributed by atoms with Crippen LogP contribution in [-0.4, -0.2) is 38.2 Å². The van der Waals surface area contributed by atoms with E-state index < -0.39 is 5.67 Å². The Hall–Kier alpha value is -3.36. The number of alkyl halides is 1. The van der Waals surface area contributed by atoms with E-state index in [1.54, 1.807) is 0 Å². The second kappa shape index (κ2) is 9.57. The molecule has 1 aromatic carbocycles. The third kappa shape index (κ3) is 4.91. The summed E-state index contributed by atoms with van der Waals surface area (Å²) in [6.45, 7) is 6.98. The highest BCUT2D eigenvalue weighted by Gasteiger charge is 2.69. The first kappa shape index (κ1) is 28.1. The van der Waals surface area contributed by atoms with Crippen molar-refractivity contribution < 1.29 is 13.7 Å². The number of amides is 1. The Bertz CT molecular complexity index is 1540. The van der Waals surface area contributed by atoms with Crippen molar-refractivity contribution in [3.8, 4) is 0 Å². The van der Waals surface area contributed by atoms with Crippen molar-refractivity contribution in [3.05, 3.63) is 54.2 Å². The van der Waals surface area contributed by atoms with Crippen LogP contribution in [0.4, 0.5) is 21.5 Å². The van der Waals surface area contributed by atoms with Gasteiger partial charge in [-0.3, -0.25) is 4.79 Å². The minimum absolute atomic E-state index is 0.0359. The van der Waals surface area contributed by atoms with Crippen LogP contribution in [0.3, 0.4) is 0 Å². The monoisotopic (exact) mass is 598 g/mol. The molecule has 7 aliphatic carbocycles. The van der Waals surface area contributed by atoms with E-state index >= 15 is 0 Å². The molecule has 44 heavy (non-hydrogen) atoms. The summed E-state index contributed by atoms with van der Waals surface area (Å²) in [5, 5.41) is 7.91. The van der Waals surface area contributed by atoms with Gasteiger partial charge in [-0.05, 0) is 99.7 Å². The normalized spacial score (nSPS) is 32.1. The molecular formula is C35H43FN6O2. The molecule has 1 N–H and O–H groups in total. The van der Waals surface area contributed by atoms with Crippen LogP contribution in [0.25, 0.3) is 0 Å². The Morgan fingerprint density at radius 1 is 1.00 bits per heavy atom. The lowest BCUT2D eigenvalue weighted by Gasteiger charge is -2.66. The van der Waals surface area contributed by atoms with Gasteiger partial charge in [0.05, 0.1) is 18.1 Å². The van der Waals surface area contributed by atoms with Gasteiger partial charge in [-0.15, -0.1) is 0 Å². The molecule has 9 heteroatoms. The topological polar surface area (TPSA) is 97.0 Å². The second-order valence-electron chi connectivity index (χ2n) is 16.1. The highest BCUT2D eigenvalue weighted by atomic mass is 19.1. The number of nitrogens with zero attached hydrogens (tertiary/aromatic N) is 5. The van der Waals surface area contributed by atoms with E-state index in [0.717, 1.165) is 67.2 Å². The van der Waals surface area contributed by atoms with E-state index in [4.69, 9.17) is 9.51 Å². The number of fused-ring (bicyclic) bond motifs is 3.